The van der Waals surface area contributed by atoms with Crippen molar-refractivity contribution in [1.82, 2.24) is 0 Å². The first-order valence-corrected chi connectivity index (χ1v) is 8.19. The lowest BCUT2D eigenvalue weighted by molar-refractivity contribution is 0.103. The maximum Gasteiger partial charge on any atom is 0.194 e. The van der Waals surface area contributed by atoms with E-state index in [4.69, 9.17) is 4.74 Å². The molecule has 1 aromatic heterocycles. The fraction of sp³-hybridized carbons (Fsp3) is 0.267. The van der Waals surface area contributed by atoms with Gasteiger partial charge in [0.1, 0.15) is 5.75 Å². The topological polar surface area (TPSA) is 26.3 Å². The molecule has 0 radical (unpaired) electrons. The van der Waals surface area contributed by atoms with Gasteiger partial charge in [0.15, 0.2) is 5.78 Å². The van der Waals surface area contributed by atoms with Crippen LogP contribution in [0.15, 0.2) is 29.6 Å². The molecule has 4 heteroatoms. The molecule has 0 aliphatic carbocycles. The highest BCUT2D eigenvalue weighted by Gasteiger charge is 2.21. The van der Waals surface area contributed by atoms with Gasteiger partial charge in [-0.2, -0.15) is 11.8 Å². The average molecular weight is 290 g/mol. The molecule has 2 nitrogen and oxygen atoms in total. The first-order chi connectivity index (χ1) is 9.29. The Hall–Kier alpha value is -1.26. The van der Waals surface area contributed by atoms with E-state index in [2.05, 4.69) is 0 Å². The van der Waals surface area contributed by atoms with Crippen molar-refractivity contribution in [1.29, 1.82) is 0 Å². The Kier molecular flexibility index (Phi) is 3.62. The van der Waals surface area contributed by atoms with Crippen molar-refractivity contribution < 1.29 is 9.53 Å². The lowest BCUT2D eigenvalue weighted by Crippen LogP contribution is -2.07. The van der Waals surface area contributed by atoms with Gasteiger partial charge in [0, 0.05) is 27.1 Å². The SMILES string of the molecule is COc1ccc(C(=O)c2csc3c2CCSC3)cc1. The van der Waals surface area contributed by atoms with Gasteiger partial charge in [0.25, 0.3) is 0 Å². The summed E-state index contributed by atoms with van der Waals surface area (Å²) in [6.45, 7) is 0. The first-order valence-electron chi connectivity index (χ1n) is 6.15. The molecule has 0 bridgehead atoms. The van der Waals surface area contributed by atoms with E-state index in [1.807, 2.05) is 41.4 Å². The van der Waals surface area contributed by atoms with Crippen molar-refractivity contribution >= 4 is 28.9 Å². The Labute approximate surface area is 120 Å². The Morgan fingerprint density at radius 3 is 2.79 bits per heavy atom. The Balaban J connectivity index is 1.92. The number of benzene rings is 1. The van der Waals surface area contributed by atoms with Gasteiger partial charge in [-0.25, -0.2) is 0 Å². The van der Waals surface area contributed by atoms with Gasteiger partial charge in [0.2, 0.25) is 0 Å². The van der Waals surface area contributed by atoms with E-state index in [1.54, 1.807) is 18.4 Å². The average Bonchev–Trinajstić information content (AvgIpc) is 2.90. The van der Waals surface area contributed by atoms with E-state index < -0.39 is 0 Å². The van der Waals surface area contributed by atoms with Gasteiger partial charge in [-0.05, 0) is 42.0 Å². The van der Waals surface area contributed by atoms with E-state index in [0.29, 0.717) is 0 Å². The summed E-state index contributed by atoms with van der Waals surface area (Å²) in [5.41, 5.74) is 2.90. The van der Waals surface area contributed by atoms with Gasteiger partial charge >= 0.3 is 0 Å². The number of thiophene rings is 1. The molecule has 1 aliphatic heterocycles. The zero-order valence-corrected chi connectivity index (χ0v) is 12.3. The number of carbonyl (C=O) groups excluding carboxylic acids is 1. The van der Waals surface area contributed by atoms with Crippen molar-refractivity contribution in [3.63, 3.8) is 0 Å². The molecule has 0 fully saturated rings. The Morgan fingerprint density at radius 2 is 2.05 bits per heavy atom. The lowest BCUT2D eigenvalue weighted by atomic mass is 9.99. The van der Waals surface area contributed by atoms with Gasteiger partial charge < -0.3 is 4.74 Å². The van der Waals surface area contributed by atoms with Crippen molar-refractivity contribution in [2.45, 2.75) is 12.2 Å². The number of hydrogen-bond donors (Lipinski definition) is 0. The first kappa shape index (κ1) is 12.8. The number of methoxy groups -OCH3 is 1. The second-order valence-electron chi connectivity index (χ2n) is 4.41. The van der Waals surface area contributed by atoms with E-state index >= 15 is 0 Å². The molecule has 3 rings (SSSR count). The zero-order chi connectivity index (χ0) is 13.2. The fourth-order valence-corrected chi connectivity index (χ4v) is 4.48. The molecule has 0 amide bonds. The molecule has 2 aromatic rings. The summed E-state index contributed by atoms with van der Waals surface area (Å²) >= 11 is 3.66. The number of ether oxygens (including phenoxy) is 1. The normalized spacial score (nSPS) is 13.9. The van der Waals surface area contributed by atoms with E-state index in [0.717, 1.165) is 34.8 Å². The Morgan fingerprint density at radius 1 is 1.26 bits per heavy atom. The summed E-state index contributed by atoms with van der Waals surface area (Å²) in [7, 11) is 1.63. The minimum atomic E-state index is 0.132. The highest BCUT2D eigenvalue weighted by atomic mass is 32.2. The van der Waals surface area contributed by atoms with Crippen LogP contribution >= 0.6 is 23.1 Å². The van der Waals surface area contributed by atoms with Crippen LogP contribution in [-0.4, -0.2) is 18.6 Å². The quantitative estimate of drug-likeness (QED) is 0.805. The van der Waals surface area contributed by atoms with Crippen LogP contribution in [0.2, 0.25) is 0 Å². The summed E-state index contributed by atoms with van der Waals surface area (Å²) < 4.78 is 5.12. The summed E-state index contributed by atoms with van der Waals surface area (Å²) in [5, 5.41) is 2.02. The summed E-state index contributed by atoms with van der Waals surface area (Å²) in [6, 6.07) is 7.34. The van der Waals surface area contributed by atoms with E-state index in [-0.39, 0.29) is 5.78 Å². The van der Waals surface area contributed by atoms with Crippen LogP contribution in [0.4, 0.5) is 0 Å². The second kappa shape index (κ2) is 5.39. The molecule has 0 atom stereocenters. The van der Waals surface area contributed by atoms with Crippen molar-refractivity contribution in [2.75, 3.05) is 12.9 Å². The molecule has 1 aromatic carbocycles. The molecule has 0 spiro atoms. The number of fused-ring (bicyclic) bond motifs is 1. The Bertz CT molecular complexity index is 599. The molecule has 0 N–H and O–H groups in total. The standard InChI is InChI=1S/C15H14O2S2/c1-17-11-4-2-10(3-5-11)15(16)13-8-19-14-9-18-7-6-12(13)14/h2-5,8H,6-7,9H2,1H3. The predicted molar refractivity (Wildman–Crippen MR) is 80.6 cm³/mol. The van der Waals surface area contributed by atoms with Gasteiger partial charge in [-0.1, -0.05) is 0 Å². The number of ketones is 1. The molecule has 0 unspecified atom stereocenters. The van der Waals surface area contributed by atoms with Crippen molar-refractivity contribution in [3.05, 3.63) is 51.2 Å². The van der Waals surface area contributed by atoms with Crippen molar-refractivity contribution in [3.8, 4) is 5.75 Å². The van der Waals surface area contributed by atoms with E-state index in [9.17, 15) is 4.79 Å². The molecular weight excluding hydrogens is 276 g/mol. The molecule has 19 heavy (non-hydrogen) atoms. The van der Waals surface area contributed by atoms with Gasteiger partial charge in [-0.15, -0.1) is 11.3 Å². The molecule has 1 aliphatic rings. The van der Waals surface area contributed by atoms with Crippen LogP contribution in [0.5, 0.6) is 5.75 Å². The number of carbonyl (C=O) groups is 1. The van der Waals surface area contributed by atoms with Crippen LogP contribution < -0.4 is 4.74 Å². The molecule has 0 saturated carbocycles. The molecule has 98 valence electrons. The maximum atomic E-state index is 12.5. The third-order valence-electron chi connectivity index (χ3n) is 3.31. The summed E-state index contributed by atoms with van der Waals surface area (Å²) in [4.78, 5) is 13.9. The third kappa shape index (κ3) is 2.42. The second-order valence-corrected chi connectivity index (χ2v) is 6.48. The summed E-state index contributed by atoms with van der Waals surface area (Å²) in [5.74, 6) is 3.08. The number of hydrogen-bond acceptors (Lipinski definition) is 4. The number of rotatable bonds is 3. The molecule has 2 heterocycles. The predicted octanol–water partition coefficient (Wildman–Crippen LogP) is 3.78. The summed E-state index contributed by atoms with van der Waals surface area (Å²) in [6.07, 6.45) is 1.01. The zero-order valence-electron chi connectivity index (χ0n) is 10.6. The lowest BCUT2D eigenvalue weighted by Gasteiger charge is -2.12. The maximum absolute atomic E-state index is 12.5. The van der Waals surface area contributed by atoms with Gasteiger partial charge in [0.05, 0.1) is 7.11 Å². The molecule has 0 saturated heterocycles. The van der Waals surface area contributed by atoms with E-state index in [1.165, 1.54) is 10.4 Å². The number of thioether (sulfide) groups is 1. The monoisotopic (exact) mass is 290 g/mol. The van der Waals surface area contributed by atoms with Crippen LogP contribution in [0.25, 0.3) is 0 Å². The minimum Gasteiger partial charge on any atom is -0.497 e. The van der Waals surface area contributed by atoms with Crippen LogP contribution in [0, 0.1) is 0 Å². The van der Waals surface area contributed by atoms with Crippen LogP contribution in [-0.2, 0) is 12.2 Å². The van der Waals surface area contributed by atoms with Crippen LogP contribution in [0.1, 0.15) is 26.4 Å². The minimum absolute atomic E-state index is 0.132. The fourth-order valence-electron chi connectivity index (χ4n) is 2.25. The van der Waals surface area contributed by atoms with Crippen LogP contribution in [0.3, 0.4) is 0 Å². The highest BCUT2D eigenvalue weighted by Crippen LogP contribution is 2.33. The third-order valence-corrected chi connectivity index (χ3v) is 5.50. The molecular formula is C15H14O2S2. The van der Waals surface area contributed by atoms with Gasteiger partial charge in [-0.3, -0.25) is 4.79 Å². The van der Waals surface area contributed by atoms with Crippen molar-refractivity contribution in [2.24, 2.45) is 0 Å². The highest BCUT2D eigenvalue weighted by molar-refractivity contribution is 7.98. The largest absolute Gasteiger partial charge is 0.497 e. The smallest absolute Gasteiger partial charge is 0.194 e.